The molecule has 5 rings (SSSR count). The first-order valence-corrected chi connectivity index (χ1v) is 12.9. The summed E-state index contributed by atoms with van der Waals surface area (Å²) in [6.45, 7) is 6.38. The summed E-state index contributed by atoms with van der Waals surface area (Å²) in [4.78, 5) is 16.2. The molecule has 2 N–H and O–H groups in total. The van der Waals surface area contributed by atoms with E-state index in [2.05, 4.69) is 71.0 Å². The van der Waals surface area contributed by atoms with Crippen LogP contribution in [-0.4, -0.2) is 76.4 Å². The highest BCUT2D eigenvalue weighted by Crippen LogP contribution is 2.33. The molecule has 0 saturated carbocycles. The third-order valence-corrected chi connectivity index (χ3v) is 7.28. The zero-order chi connectivity index (χ0) is 25.2. The van der Waals surface area contributed by atoms with Crippen molar-refractivity contribution in [1.29, 1.82) is 0 Å². The molecule has 0 aliphatic carbocycles. The molecule has 1 aromatic carbocycles. The van der Waals surface area contributed by atoms with Crippen LogP contribution in [0.3, 0.4) is 0 Å². The van der Waals surface area contributed by atoms with Crippen molar-refractivity contribution < 1.29 is 4.74 Å². The van der Waals surface area contributed by atoms with E-state index in [0.717, 1.165) is 50.3 Å². The Morgan fingerprint density at radius 3 is 2.61 bits per heavy atom. The molecule has 36 heavy (non-hydrogen) atoms. The zero-order valence-corrected chi connectivity index (χ0v) is 21.9. The second-order valence-electron chi connectivity index (χ2n) is 10.5. The number of aromatic nitrogens is 4. The summed E-state index contributed by atoms with van der Waals surface area (Å²) in [7, 11) is 6.34. The van der Waals surface area contributed by atoms with Crippen molar-refractivity contribution in [2.45, 2.75) is 51.2 Å². The number of anilines is 2. The Morgan fingerprint density at radius 1 is 1.08 bits per heavy atom. The molecule has 0 bridgehead atoms. The van der Waals surface area contributed by atoms with Crippen LogP contribution in [-0.2, 0) is 6.54 Å². The highest BCUT2D eigenvalue weighted by Gasteiger charge is 2.23. The number of nitrogens with zero attached hydrogens (tertiary/aromatic N) is 7. The first-order chi connectivity index (χ1) is 17.4. The summed E-state index contributed by atoms with van der Waals surface area (Å²) in [5, 5.41) is 4.55. The molecule has 9 nitrogen and oxygen atoms in total. The van der Waals surface area contributed by atoms with E-state index in [1.807, 2.05) is 10.9 Å². The van der Waals surface area contributed by atoms with Gasteiger partial charge in [-0.25, -0.2) is 9.97 Å². The maximum atomic E-state index is 6.18. The van der Waals surface area contributed by atoms with Crippen LogP contribution in [0.4, 0.5) is 11.5 Å². The standard InChI is InChI=1S/C27H38N8O/c1-19-6-5-9-34(19)23-13-20(17-32(2)3)12-21(14-23)25-16-29-26(28)27(31-25)36-24-15-30-35(18-24)22-7-10-33(4)11-8-22/h12-16,18-19,22H,5-11,17H2,1-4H3,(H2,28,29). The number of nitrogens with two attached hydrogens (primary N) is 1. The molecule has 2 aliphatic heterocycles. The van der Waals surface area contributed by atoms with E-state index in [1.54, 1.807) is 12.4 Å². The van der Waals surface area contributed by atoms with Gasteiger partial charge in [0.15, 0.2) is 11.6 Å². The average molecular weight is 491 g/mol. The Morgan fingerprint density at radius 2 is 1.89 bits per heavy atom. The number of hydrogen-bond donors (Lipinski definition) is 1. The van der Waals surface area contributed by atoms with Gasteiger partial charge in [0.25, 0.3) is 5.88 Å². The Balaban J connectivity index is 1.41. The van der Waals surface area contributed by atoms with Crippen LogP contribution in [0.2, 0.25) is 0 Å². The highest BCUT2D eigenvalue weighted by atomic mass is 16.5. The number of likely N-dealkylation sites (tertiary alicyclic amines) is 1. The van der Waals surface area contributed by atoms with Crippen LogP contribution < -0.4 is 15.4 Å². The number of hydrogen-bond acceptors (Lipinski definition) is 8. The molecular formula is C27H38N8O. The molecule has 4 heterocycles. The number of benzene rings is 1. The van der Waals surface area contributed by atoms with Gasteiger partial charge in [-0.2, -0.15) is 5.10 Å². The maximum Gasteiger partial charge on any atom is 0.263 e. The molecule has 2 aromatic heterocycles. The number of piperidine rings is 1. The van der Waals surface area contributed by atoms with Crippen molar-refractivity contribution in [3.8, 4) is 22.9 Å². The quantitative estimate of drug-likeness (QED) is 0.531. The fourth-order valence-electron chi connectivity index (χ4n) is 5.30. The van der Waals surface area contributed by atoms with Crippen molar-refractivity contribution in [1.82, 2.24) is 29.5 Å². The lowest BCUT2D eigenvalue weighted by Gasteiger charge is -2.28. The topological polar surface area (TPSA) is 88.6 Å². The van der Waals surface area contributed by atoms with E-state index in [-0.39, 0.29) is 5.82 Å². The van der Waals surface area contributed by atoms with Gasteiger partial charge in [0.2, 0.25) is 0 Å². The summed E-state index contributed by atoms with van der Waals surface area (Å²) < 4.78 is 8.10. The van der Waals surface area contributed by atoms with E-state index in [1.165, 1.54) is 24.1 Å². The van der Waals surface area contributed by atoms with Gasteiger partial charge in [-0.3, -0.25) is 4.68 Å². The predicted molar refractivity (Wildman–Crippen MR) is 143 cm³/mol. The van der Waals surface area contributed by atoms with E-state index >= 15 is 0 Å². The van der Waals surface area contributed by atoms with Crippen molar-refractivity contribution in [3.63, 3.8) is 0 Å². The molecule has 2 saturated heterocycles. The summed E-state index contributed by atoms with van der Waals surface area (Å²) in [5.74, 6) is 1.20. The Labute approximate surface area is 213 Å². The van der Waals surface area contributed by atoms with Crippen LogP contribution in [0.1, 0.15) is 44.2 Å². The van der Waals surface area contributed by atoms with Crippen molar-refractivity contribution in [2.24, 2.45) is 0 Å². The van der Waals surface area contributed by atoms with Gasteiger partial charge in [-0.05, 0) is 90.6 Å². The molecular weight excluding hydrogens is 452 g/mol. The lowest BCUT2D eigenvalue weighted by atomic mass is 10.1. The summed E-state index contributed by atoms with van der Waals surface area (Å²) in [6.07, 6.45) is 10.0. The van der Waals surface area contributed by atoms with Crippen molar-refractivity contribution >= 4 is 11.5 Å². The van der Waals surface area contributed by atoms with Gasteiger partial charge < -0.3 is 25.2 Å². The summed E-state index contributed by atoms with van der Waals surface area (Å²) in [5.41, 5.74) is 10.4. The maximum absolute atomic E-state index is 6.18. The van der Waals surface area contributed by atoms with Gasteiger partial charge in [0.1, 0.15) is 0 Å². The third-order valence-electron chi connectivity index (χ3n) is 7.28. The summed E-state index contributed by atoms with van der Waals surface area (Å²) in [6, 6.07) is 7.62. The predicted octanol–water partition coefficient (Wildman–Crippen LogP) is 4.03. The fourth-order valence-corrected chi connectivity index (χ4v) is 5.30. The minimum Gasteiger partial charge on any atom is -0.433 e. The Kier molecular flexibility index (Phi) is 7.11. The summed E-state index contributed by atoms with van der Waals surface area (Å²) >= 11 is 0. The number of rotatable bonds is 7. The Bertz CT molecular complexity index is 1180. The van der Waals surface area contributed by atoms with Gasteiger partial charge in [-0.15, -0.1) is 0 Å². The molecule has 0 radical (unpaired) electrons. The highest BCUT2D eigenvalue weighted by molar-refractivity contribution is 5.68. The molecule has 3 aromatic rings. The minimum absolute atomic E-state index is 0.267. The normalized spacial score (nSPS) is 19.4. The monoisotopic (exact) mass is 490 g/mol. The van der Waals surface area contributed by atoms with E-state index in [4.69, 9.17) is 15.5 Å². The van der Waals surface area contributed by atoms with Crippen LogP contribution >= 0.6 is 0 Å². The fraction of sp³-hybridized carbons (Fsp3) is 0.519. The van der Waals surface area contributed by atoms with Crippen LogP contribution in [0.25, 0.3) is 11.3 Å². The van der Waals surface area contributed by atoms with E-state index in [9.17, 15) is 0 Å². The van der Waals surface area contributed by atoms with E-state index in [0.29, 0.717) is 23.7 Å². The largest absolute Gasteiger partial charge is 0.433 e. The van der Waals surface area contributed by atoms with Crippen molar-refractivity contribution in [2.75, 3.05) is 51.4 Å². The van der Waals surface area contributed by atoms with Gasteiger partial charge in [0, 0.05) is 30.4 Å². The van der Waals surface area contributed by atoms with Crippen molar-refractivity contribution in [3.05, 3.63) is 42.4 Å². The molecule has 1 unspecified atom stereocenters. The van der Waals surface area contributed by atoms with Crippen LogP contribution in [0, 0.1) is 0 Å². The third kappa shape index (κ3) is 5.47. The first-order valence-electron chi connectivity index (χ1n) is 12.9. The Hall–Kier alpha value is -3.17. The molecule has 0 spiro atoms. The first kappa shape index (κ1) is 24.5. The molecule has 2 aliphatic rings. The second kappa shape index (κ2) is 10.4. The zero-order valence-electron chi connectivity index (χ0n) is 21.9. The molecule has 192 valence electrons. The lowest BCUT2D eigenvalue weighted by Crippen LogP contribution is -2.31. The lowest BCUT2D eigenvalue weighted by molar-refractivity contribution is 0.212. The molecule has 0 amide bonds. The van der Waals surface area contributed by atoms with Gasteiger partial charge in [-0.1, -0.05) is 0 Å². The smallest absolute Gasteiger partial charge is 0.263 e. The molecule has 1 atom stereocenters. The molecule has 2 fully saturated rings. The number of ether oxygens (including phenoxy) is 1. The number of nitrogen functional groups attached to an aromatic ring is 1. The second-order valence-corrected chi connectivity index (χ2v) is 10.5. The van der Waals surface area contributed by atoms with Crippen LogP contribution in [0.5, 0.6) is 11.6 Å². The SMILES string of the molecule is CC1CCCN1c1cc(CN(C)C)cc(-c2cnc(N)c(Oc3cnn(C4CCN(C)CC4)c3)n2)c1. The van der Waals surface area contributed by atoms with Gasteiger partial charge in [0.05, 0.1) is 30.3 Å². The average Bonchev–Trinajstić information content (AvgIpc) is 3.49. The van der Waals surface area contributed by atoms with Crippen LogP contribution in [0.15, 0.2) is 36.8 Å². The minimum atomic E-state index is 0.267. The van der Waals surface area contributed by atoms with E-state index < -0.39 is 0 Å². The van der Waals surface area contributed by atoms with Gasteiger partial charge >= 0.3 is 0 Å². The molecule has 9 heteroatoms.